The lowest BCUT2D eigenvalue weighted by atomic mass is 9.69. The molecule has 0 atom stereocenters. The lowest BCUT2D eigenvalue weighted by Gasteiger charge is -2.42. The Morgan fingerprint density at radius 1 is 1.00 bits per heavy atom. The number of allylic oxidation sites excluding steroid dienone is 3. The Labute approximate surface area is 171 Å². The Kier molecular flexibility index (Phi) is 14.5. The van der Waals surface area contributed by atoms with E-state index in [9.17, 15) is 0 Å². The van der Waals surface area contributed by atoms with Gasteiger partial charge in [0.25, 0.3) is 0 Å². The molecule has 0 radical (unpaired) electrons. The molecule has 0 spiro atoms. The molecular formula is C18H30Br4. The number of rotatable bonds is 9. The predicted octanol–water partition coefficient (Wildman–Crippen LogP) is 8.03. The highest BCUT2D eigenvalue weighted by atomic mass is 79.9. The topological polar surface area (TPSA) is 0 Å². The first kappa shape index (κ1) is 23.4. The maximum absolute atomic E-state index is 3.66. The number of unbranched alkanes of at least 4 members (excludes halogenated alkanes) is 4. The standard InChI is InChI=1S/C10H14Br4.C8H16/c11-5-9(6-12)2-1-3-10(4-9,7-13)8-14;1-3-5-7-8-6-4-2/h1-2H,3-8H2;3H,1,4-8H2,2H3. The van der Waals surface area contributed by atoms with Gasteiger partial charge in [0.15, 0.2) is 0 Å². The average Bonchev–Trinajstić information content (AvgIpc) is 2.59. The Morgan fingerprint density at radius 3 is 2.09 bits per heavy atom. The molecule has 0 nitrogen and oxygen atoms in total. The highest BCUT2D eigenvalue weighted by Crippen LogP contribution is 2.46. The molecule has 0 aromatic rings. The second-order valence-corrected chi connectivity index (χ2v) is 8.56. The van der Waals surface area contributed by atoms with Crippen molar-refractivity contribution in [2.75, 3.05) is 21.3 Å². The summed E-state index contributed by atoms with van der Waals surface area (Å²) in [6.45, 7) is 5.89. The molecule has 0 saturated carbocycles. The van der Waals surface area contributed by atoms with Crippen molar-refractivity contribution in [3.63, 3.8) is 0 Å². The van der Waals surface area contributed by atoms with Crippen LogP contribution in [0.5, 0.6) is 0 Å². The quantitative estimate of drug-likeness (QED) is 0.151. The molecule has 0 heterocycles. The maximum atomic E-state index is 3.66. The molecule has 0 aromatic heterocycles. The minimum absolute atomic E-state index is 0.291. The van der Waals surface area contributed by atoms with Crippen LogP contribution in [0.1, 0.15) is 51.9 Å². The molecule has 4 heteroatoms. The van der Waals surface area contributed by atoms with Crippen molar-refractivity contribution >= 4 is 63.7 Å². The molecule has 1 aliphatic carbocycles. The summed E-state index contributed by atoms with van der Waals surface area (Å²) >= 11 is 14.5. The zero-order valence-corrected chi connectivity index (χ0v) is 20.1. The number of alkyl halides is 4. The second kappa shape index (κ2) is 13.7. The summed E-state index contributed by atoms with van der Waals surface area (Å²) in [7, 11) is 0. The summed E-state index contributed by atoms with van der Waals surface area (Å²) in [4.78, 5) is 0. The summed E-state index contributed by atoms with van der Waals surface area (Å²) in [5, 5.41) is 4.20. The van der Waals surface area contributed by atoms with E-state index in [0.717, 1.165) is 21.3 Å². The van der Waals surface area contributed by atoms with Gasteiger partial charge in [0.2, 0.25) is 0 Å². The van der Waals surface area contributed by atoms with Crippen LogP contribution >= 0.6 is 63.7 Å². The molecule has 0 amide bonds. The fraction of sp³-hybridized carbons (Fsp3) is 0.778. The lowest BCUT2D eigenvalue weighted by molar-refractivity contribution is 0.247. The van der Waals surface area contributed by atoms with E-state index in [0.29, 0.717) is 10.8 Å². The Bertz CT molecular complexity index is 304. The van der Waals surface area contributed by atoms with Gasteiger partial charge < -0.3 is 0 Å². The molecule has 0 aromatic carbocycles. The maximum Gasteiger partial charge on any atom is 0.0131 e. The van der Waals surface area contributed by atoms with Crippen LogP contribution in [0.2, 0.25) is 0 Å². The van der Waals surface area contributed by atoms with Crippen LogP contribution in [0.25, 0.3) is 0 Å². The molecule has 1 aliphatic rings. The van der Waals surface area contributed by atoms with Gasteiger partial charge in [0, 0.05) is 26.7 Å². The third-order valence-electron chi connectivity index (χ3n) is 4.11. The van der Waals surface area contributed by atoms with Crippen molar-refractivity contribution < 1.29 is 0 Å². The van der Waals surface area contributed by atoms with Gasteiger partial charge in [0.1, 0.15) is 0 Å². The van der Waals surface area contributed by atoms with E-state index in [1.165, 1.54) is 44.9 Å². The van der Waals surface area contributed by atoms with Crippen molar-refractivity contribution in [3.05, 3.63) is 24.8 Å². The molecule has 0 saturated heterocycles. The molecular weight excluding hydrogens is 536 g/mol. The van der Waals surface area contributed by atoms with Crippen molar-refractivity contribution in [2.45, 2.75) is 51.9 Å². The summed E-state index contributed by atoms with van der Waals surface area (Å²) in [6.07, 6.45) is 15.7. The summed E-state index contributed by atoms with van der Waals surface area (Å²) in [5.74, 6) is 0. The van der Waals surface area contributed by atoms with Crippen LogP contribution in [0.3, 0.4) is 0 Å². The summed E-state index contributed by atoms with van der Waals surface area (Å²) < 4.78 is 0. The van der Waals surface area contributed by atoms with Crippen LogP contribution in [0.15, 0.2) is 24.8 Å². The van der Waals surface area contributed by atoms with Gasteiger partial charge in [-0.05, 0) is 31.1 Å². The monoisotopic (exact) mass is 562 g/mol. The molecule has 0 bridgehead atoms. The zero-order valence-electron chi connectivity index (χ0n) is 13.7. The van der Waals surface area contributed by atoms with Gasteiger partial charge in [-0.15, -0.1) is 6.58 Å². The van der Waals surface area contributed by atoms with Gasteiger partial charge in [-0.2, -0.15) is 0 Å². The van der Waals surface area contributed by atoms with Crippen molar-refractivity contribution in [1.82, 2.24) is 0 Å². The molecule has 1 rings (SSSR count). The van der Waals surface area contributed by atoms with E-state index in [1.54, 1.807) is 0 Å². The SMILES string of the molecule is BrCC1(CBr)C=CCC(CBr)(CBr)C1.C=CCCCCCC. The van der Waals surface area contributed by atoms with Gasteiger partial charge in [-0.25, -0.2) is 0 Å². The first-order chi connectivity index (χ1) is 10.6. The first-order valence-electron chi connectivity index (χ1n) is 8.10. The Hall–Kier alpha value is 1.40. The fourth-order valence-corrected chi connectivity index (χ4v) is 6.09. The largest absolute Gasteiger partial charge is 0.103 e. The van der Waals surface area contributed by atoms with Crippen LogP contribution in [0, 0.1) is 10.8 Å². The average molecular weight is 566 g/mol. The zero-order chi connectivity index (χ0) is 16.9. The third-order valence-corrected chi connectivity index (χ3v) is 8.72. The third kappa shape index (κ3) is 8.48. The Morgan fingerprint density at radius 2 is 1.64 bits per heavy atom. The molecule has 22 heavy (non-hydrogen) atoms. The van der Waals surface area contributed by atoms with Crippen LogP contribution in [-0.2, 0) is 0 Å². The van der Waals surface area contributed by atoms with Crippen LogP contribution < -0.4 is 0 Å². The predicted molar refractivity (Wildman–Crippen MR) is 117 cm³/mol. The van der Waals surface area contributed by atoms with Gasteiger partial charge in [0.05, 0.1) is 0 Å². The van der Waals surface area contributed by atoms with Gasteiger partial charge in [-0.3, -0.25) is 0 Å². The highest BCUT2D eigenvalue weighted by Gasteiger charge is 2.39. The second-order valence-electron chi connectivity index (χ2n) is 6.32. The van der Waals surface area contributed by atoms with E-state index in [1.807, 2.05) is 6.08 Å². The van der Waals surface area contributed by atoms with E-state index < -0.39 is 0 Å². The van der Waals surface area contributed by atoms with Crippen LogP contribution in [0.4, 0.5) is 0 Å². The minimum atomic E-state index is 0.291. The minimum Gasteiger partial charge on any atom is -0.103 e. The first-order valence-corrected chi connectivity index (χ1v) is 12.6. The fourth-order valence-electron chi connectivity index (χ4n) is 2.61. The molecule has 130 valence electrons. The van der Waals surface area contributed by atoms with E-state index in [-0.39, 0.29) is 0 Å². The molecule has 0 aliphatic heterocycles. The van der Waals surface area contributed by atoms with Gasteiger partial charge >= 0.3 is 0 Å². The van der Waals surface area contributed by atoms with Crippen molar-refractivity contribution in [1.29, 1.82) is 0 Å². The van der Waals surface area contributed by atoms with E-state index in [4.69, 9.17) is 0 Å². The molecule has 0 fully saturated rings. The molecule has 0 unspecified atom stereocenters. The van der Waals surface area contributed by atoms with Gasteiger partial charge in [-0.1, -0.05) is 108 Å². The summed E-state index contributed by atoms with van der Waals surface area (Å²) in [6, 6.07) is 0. The number of hydrogen-bond acceptors (Lipinski definition) is 0. The smallest absolute Gasteiger partial charge is 0.0131 e. The van der Waals surface area contributed by atoms with E-state index in [2.05, 4.69) is 89.4 Å². The van der Waals surface area contributed by atoms with E-state index >= 15 is 0 Å². The molecule has 0 N–H and O–H groups in total. The van der Waals surface area contributed by atoms with Crippen molar-refractivity contribution in [2.24, 2.45) is 10.8 Å². The lowest BCUT2D eigenvalue weighted by Crippen LogP contribution is -2.38. The summed E-state index contributed by atoms with van der Waals surface area (Å²) in [5.41, 5.74) is 0.677. The highest BCUT2D eigenvalue weighted by molar-refractivity contribution is 9.10. The van der Waals surface area contributed by atoms with Crippen LogP contribution in [-0.4, -0.2) is 21.3 Å². The normalized spacial score (nSPS) is 18.4. The number of halogens is 4. The Balaban J connectivity index is 0.000000472. The van der Waals surface area contributed by atoms with Crippen molar-refractivity contribution in [3.8, 4) is 0 Å². The number of hydrogen-bond donors (Lipinski definition) is 0.